The van der Waals surface area contributed by atoms with E-state index in [4.69, 9.17) is 0 Å². The first-order chi connectivity index (χ1) is 10.4. The van der Waals surface area contributed by atoms with Crippen molar-refractivity contribution in [2.45, 2.75) is 18.4 Å². The lowest BCUT2D eigenvalue weighted by molar-refractivity contribution is 0.251. The van der Waals surface area contributed by atoms with Crippen molar-refractivity contribution in [1.29, 1.82) is 0 Å². The summed E-state index contributed by atoms with van der Waals surface area (Å²) in [7, 11) is -3.65. The number of hydrogen-bond donors (Lipinski definition) is 3. The first kappa shape index (κ1) is 14.4. The summed E-state index contributed by atoms with van der Waals surface area (Å²) in [5.74, 6) is 0. The number of anilines is 2. The molecule has 0 unspecified atom stereocenters. The molecule has 0 saturated carbocycles. The van der Waals surface area contributed by atoms with E-state index in [1.165, 1.54) is 0 Å². The van der Waals surface area contributed by atoms with Gasteiger partial charge in [0.2, 0.25) is 0 Å². The van der Waals surface area contributed by atoms with Gasteiger partial charge in [0.05, 0.1) is 10.6 Å². The van der Waals surface area contributed by atoms with Crippen LogP contribution in [0.2, 0.25) is 0 Å². The maximum absolute atomic E-state index is 12.3. The van der Waals surface area contributed by atoms with Crippen molar-refractivity contribution in [2.24, 2.45) is 0 Å². The Morgan fingerprint density at radius 3 is 2.55 bits per heavy atom. The highest BCUT2D eigenvalue weighted by Gasteiger charge is 2.17. The Morgan fingerprint density at radius 2 is 1.82 bits per heavy atom. The summed E-state index contributed by atoms with van der Waals surface area (Å²) < 4.78 is 27.2. The van der Waals surface area contributed by atoms with E-state index >= 15 is 0 Å². The molecule has 0 radical (unpaired) electrons. The quantitative estimate of drug-likeness (QED) is 0.812. The fourth-order valence-corrected chi connectivity index (χ4v) is 3.23. The Kier molecular flexibility index (Phi) is 3.50. The Bertz CT molecular complexity index is 830. The molecule has 2 aromatic carbocycles. The van der Waals surface area contributed by atoms with E-state index in [-0.39, 0.29) is 10.9 Å². The lowest BCUT2D eigenvalue weighted by atomic mass is 10.1. The molecule has 114 valence electrons. The molecule has 3 rings (SSSR count). The lowest BCUT2D eigenvalue weighted by Gasteiger charge is -2.19. The SMILES string of the molecule is Cc1ccc(S(=O)(=O)Nc2ccc3c(c2)NC(=O)NC3)cc1. The number of nitrogens with one attached hydrogen (secondary N) is 3. The van der Waals surface area contributed by atoms with Crippen LogP contribution in [0.5, 0.6) is 0 Å². The summed E-state index contributed by atoms with van der Waals surface area (Å²) in [5, 5.41) is 5.30. The molecule has 3 N–H and O–H groups in total. The number of fused-ring (bicyclic) bond motifs is 1. The number of amides is 2. The Hall–Kier alpha value is -2.54. The fraction of sp³-hybridized carbons (Fsp3) is 0.133. The molecule has 0 aliphatic carbocycles. The predicted molar refractivity (Wildman–Crippen MR) is 84.3 cm³/mol. The highest BCUT2D eigenvalue weighted by Crippen LogP contribution is 2.25. The van der Waals surface area contributed by atoms with Crippen LogP contribution in [0.1, 0.15) is 11.1 Å². The van der Waals surface area contributed by atoms with Crippen LogP contribution in [0.4, 0.5) is 16.2 Å². The minimum Gasteiger partial charge on any atom is -0.334 e. The van der Waals surface area contributed by atoms with E-state index < -0.39 is 10.0 Å². The van der Waals surface area contributed by atoms with Crippen LogP contribution in [0.15, 0.2) is 47.4 Å². The number of carbonyl (C=O) groups is 1. The molecule has 6 nitrogen and oxygen atoms in total. The maximum atomic E-state index is 12.3. The molecule has 0 aromatic heterocycles. The standard InChI is InChI=1S/C15H15N3O3S/c1-10-2-6-13(7-3-10)22(20,21)18-12-5-4-11-9-16-15(19)17-14(11)8-12/h2-8,18H,9H2,1H3,(H2,16,17,19). The average Bonchev–Trinajstić information content (AvgIpc) is 2.47. The smallest absolute Gasteiger partial charge is 0.319 e. The number of hydrogen-bond acceptors (Lipinski definition) is 3. The summed E-state index contributed by atoms with van der Waals surface area (Å²) in [6.45, 7) is 2.32. The van der Waals surface area contributed by atoms with Crippen molar-refractivity contribution in [3.8, 4) is 0 Å². The Morgan fingerprint density at radius 1 is 1.09 bits per heavy atom. The van der Waals surface area contributed by atoms with Crippen molar-refractivity contribution in [1.82, 2.24) is 5.32 Å². The van der Waals surface area contributed by atoms with Gasteiger partial charge in [-0.2, -0.15) is 0 Å². The average molecular weight is 317 g/mol. The molecule has 0 atom stereocenters. The first-order valence-corrected chi connectivity index (χ1v) is 8.20. The molecule has 1 aliphatic rings. The second-order valence-electron chi connectivity index (χ2n) is 5.10. The highest BCUT2D eigenvalue weighted by molar-refractivity contribution is 7.92. The van der Waals surface area contributed by atoms with Crippen LogP contribution in [-0.2, 0) is 16.6 Å². The van der Waals surface area contributed by atoms with Crippen LogP contribution in [0.3, 0.4) is 0 Å². The summed E-state index contributed by atoms with van der Waals surface area (Å²) in [4.78, 5) is 11.5. The van der Waals surface area contributed by atoms with E-state index in [0.29, 0.717) is 17.9 Å². The molecule has 0 fully saturated rings. The number of benzene rings is 2. The van der Waals surface area contributed by atoms with Gasteiger partial charge < -0.3 is 10.6 Å². The third kappa shape index (κ3) is 2.89. The molecule has 22 heavy (non-hydrogen) atoms. The molecule has 1 heterocycles. The maximum Gasteiger partial charge on any atom is 0.319 e. The van der Waals surface area contributed by atoms with Crippen LogP contribution in [0.25, 0.3) is 0 Å². The first-order valence-electron chi connectivity index (χ1n) is 6.71. The monoisotopic (exact) mass is 317 g/mol. The topological polar surface area (TPSA) is 87.3 Å². The zero-order valence-corrected chi connectivity index (χ0v) is 12.7. The van der Waals surface area contributed by atoms with Crippen molar-refractivity contribution < 1.29 is 13.2 Å². The van der Waals surface area contributed by atoms with Gasteiger partial charge in [-0.3, -0.25) is 4.72 Å². The minimum absolute atomic E-state index is 0.196. The van der Waals surface area contributed by atoms with E-state index in [1.54, 1.807) is 42.5 Å². The Labute approximate surface area is 128 Å². The van der Waals surface area contributed by atoms with Gasteiger partial charge in [-0.05, 0) is 36.8 Å². The number of sulfonamides is 1. The van der Waals surface area contributed by atoms with Crippen molar-refractivity contribution in [3.63, 3.8) is 0 Å². The van der Waals surface area contributed by atoms with Crippen molar-refractivity contribution >= 4 is 27.4 Å². The highest BCUT2D eigenvalue weighted by atomic mass is 32.2. The molecule has 7 heteroatoms. The third-order valence-corrected chi connectivity index (χ3v) is 4.78. The van der Waals surface area contributed by atoms with Gasteiger partial charge in [0.15, 0.2) is 0 Å². The van der Waals surface area contributed by atoms with Gasteiger partial charge in [0.1, 0.15) is 0 Å². The van der Waals surface area contributed by atoms with Crippen LogP contribution in [-0.4, -0.2) is 14.4 Å². The van der Waals surface area contributed by atoms with Gasteiger partial charge >= 0.3 is 6.03 Å². The fourth-order valence-electron chi connectivity index (χ4n) is 2.18. The van der Waals surface area contributed by atoms with Gasteiger partial charge in [-0.1, -0.05) is 23.8 Å². The van der Waals surface area contributed by atoms with Gasteiger partial charge in [-0.15, -0.1) is 0 Å². The number of carbonyl (C=O) groups excluding carboxylic acids is 1. The predicted octanol–water partition coefficient (Wildman–Crippen LogP) is 2.43. The zero-order valence-electron chi connectivity index (χ0n) is 11.9. The molecular weight excluding hydrogens is 302 g/mol. The molecule has 2 aromatic rings. The molecule has 1 aliphatic heterocycles. The number of aryl methyl sites for hydroxylation is 1. The van der Waals surface area contributed by atoms with E-state index in [9.17, 15) is 13.2 Å². The van der Waals surface area contributed by atoms with Crippen LogP contribution in [0, 0.1) is 6.92 Å². The van der Waals surface area contributed by atoms with Gasteiger partial charge in [0, 0.05) is 12.2 Å². The second kappa shape index (κ2) is 5.34. The van der Waals surface area contributed by atoms with E-state index in [2.05, 4.69) is 15.4 Å². The third-order valence-electron chi connectivity index (χ3n) is 3.38. The lowest BCUT2D eigenvalue weighted by Crippen LogP contribution is -2.33. The molecule has 0 saturated heterocycles. The summed E-state index contributed by atoms with van der Waals surface area (Å²) in [6.07, 6.45) is 0. The van der Waals surface area contributed by atoms with Crippen molar-refractivity contribution in [3.05, 3.63) is 53.6 Å². The zero-order chi connectivity index (χ0) is 15.7. The van der Waals surface area contributed by atoms with Gasteiger partial charge in [-0.25, -0.2) is 13.2 Å². The largest absolute Gasteiger partial charge is 0.334 e. The molecule has 0 spiro atoms. The van der Waals surface area contributed by atoms with Crippen LogP contribution >= 0.6 is 0 Å². The minimum atomic E-state index is -3.65. The number of rotatable bonds is 3. The van der Waals surface area contributed by atoms with Crippen LogP contribution < -0.4 is 15.4 Å². The normalized spacial score (nSPS) is 13.8. The van der Waals surface area contributed by atoms with Gasteiger partial charge in [0.25, 0.3) is 10.0 Å². The van der Waals surface area contributed by atoms with E-state index in [1.807, 2.05) is 6.92 Å². The summed E-state index contributed by atoms with van der Waals surface area (Å²) in [6, 6.07) is 11.4. The molecule has 0 bridgehead atoms. The summed E-state index contributed by atoms with van der Waals surface area (Å²) >= 11 is 0. The number of urea groups is 1. The molecule has 2 amide bonds. The molecular formula is C15H15N3O3S. The summed E-state index contributed by atoms with van der Waals surface area (Å²) in [5.41, 5.74) is 2.90. The van der Waals surface area contributed by atoms with Crippen molar-refractivity contribution in [2.75, 3.05) is 10.0 Å². The van der Waals surface area contributed by atoms with E-state index in [0.717, 1.165) is 11.1 Å². The second-order valence-corrected chi connectivity index (χ2v) is 6.78. The Balaban J connectivity index is 1.88.